The van der Waals surface area contributed by atoms with Crippen LogP contribution >= 0.6 is 0 Å². The van der Waals surface area contributed by atoms with E-state index in [9.17, 15) is 4.79 Å². The molecule has 10 heavy (non-hydrogen) atoms. The van der Waals surface area contributed by atoms with Gasteiger partial charge in [0.05, 0.1) is 0 Å². The lowest BCUT2D eigenvalue weighted by molar-refractivity contribution is -0.104. The van der Waals surface area contributed by atoms with Crippen LogP contribution in [0.1, 0.15) is 20.8 Å². The average Bonchev–Trinajstić information content (AvgIpc) is 1.80. The minimum Gasteiger partial charge on any atom is -0.299 e. The van der Waals surface area contributed by atoms with Crippen LogP contribution in [-0.4, -0.2) is 6.29 Å². The maximum absolute atomic E-state index is 10.0. The molecule has 1 heteroatoms. The van der Waals surface area contributed by atoms with Crippen molar-refractivity contribution in [3.8, 4) is 12.3 Å². The number of aldehydes is 1. The normalized spacial score (nSPS) is 12.4. The van der Waals surface area contributed by atoms with Crippen LogP contribution < -0.4 is 0 Å². The van der Waals surface area contributed by atoms with Gasteiger partial charge in [-0.15, -0.1) is 6.42 Å². The van der Waals surface area contributed by atoms with Gasteiger partial charge in [0.1, 0.15) is 6.29 Å². The number of carbonyl (C=O) groups excluding carboxylic acids is 1. The fourth-order valence-electron chi connectivity index (χ4n) is 0.583. The molecule has 0 fully saturated rings. The van der Waals surface area contributed by atoms with Crippen LogP contribution in [-0.2, 0) is 4.79 Å². The Bertz CT molecular complexity index is 186. The van der Waals surface area contributed by atoms with Gasteiger partial charge in [0.2, 0.25) is 0 Å². The minimum absolute atomic E-state index is 0.0876. The highest BCUT2D eigenvalue weighted by atomic mass is 16.1. The van der Waals surface area contributed by atoms with E-state index in [0.29, 0.717) is 0 Å². The van der Waals surface area contributed by atoms with Gasteiger partial charge in [-0.3, -0.25) is 4.79 Å². The van der Waals surface area contributed by atoms with Crippen LogP contribution in [0.4, 0.5) is 0 Å². The summed E-state index contributed by atoms with van der Waals surface area (Å²) < 4.78 is 0. The number of terminal acetylenes is 1. The summed E-state index contributed by atoms with van der Waals surface area (Å²) in [5.41, 5.74) is 0.651. The predicted molar refractivity (Wildman–Crippen MR) is 42.4 cm³/mol. The van der Waals surface area contributed by atoms with Crippen LogP contribution in [0.3, 0.4) is 0 Å². The first-order valence-electron chi connectivity index (χ1n) is 3.15. The lowest BCUT2D eigenvalue weighted by atomic mass is 9.87. The fraction of sp³-hybridized carbons (Fsp3) is 0.444. The van der Waals surface area contributed by atoms with Crippen LogP contribution in [0, 0.1) is 17.8 Å². The summed E-state index contributed by atoms with van der Waals surface area (Å²) in [5, 5.41) is 0. The van der Waals surface area contributed by atoms with E-state index in [-0.39, 0.29) is 5.41 Å². The Morgan fingerprint density at radius 2 is 2.00 bits per heavy atom. The van der Waals surface area contributed by atoms with Crippen molar-refractivity contribution in [2.75, 3.05) is 0 Å². The molecule has 0 aromatic rings. The molecular formula is C9H12O. The Balaban J connectivity index is 4.57. The maximum atomic E-state index is 10.0. The van der Waals surface area contributed by atoms with E-state index < -0.39 is 0 Å². The van der Waals surface area contributed by atoms with Gasteiger partial charge in [0.25, 0.3) is 0 Å². The SMILES string of the molecule is C#C/C(=C/C=O)C(C)(C)C. The van der Waals surface area contributed by atoms with Crippen molar-refractivity contribution in [2.45, 2.75) is 20.8 Å². The summed E-state index contributed by atoms with van der Waals surface area (Å²) in [7, 11) is 0. The van der Waals surface area contributed by atoms with E-state index in [2.05, 4.69) is 5.92 Å². The second-order valence-corrected chi connectivity index (χ2v) is 3.11. The molecule has 0 heterocycles. The third kappa shape index (κ3) is 2.50. The highest BCUT2D eigenvalue weighted by molar-refractivity contribution is 5.68. The third-order valence-electron chi connectivity index (χ3n) is 1.20. The molecule has 0 rings (SSSR count). The minimum atomic E-state index is -0.0876. The molecule has 0 aromatic heterocycles. The molecule has 0 saturated heterocycles. The molecule has 54 valence electrons. The summed E-state index contributed by atoms with van der Waals surface area (Å²) in [6, 6.07) is 0. The lowest BCUT2D eigenvalue weighted by Crippen LogP contribution is -2.07. The second-order valence-electron chi connectivity index (χ2n) is 3.11. The molecule has 0 aliphatic rings. The number of carbonyl (C=O) groups is 1. The van der Waals surface area contributed by atoms with Crippen LogP contribution in [0.5, 0.6) is 0 Å². The molecular weight excluding hydrogens is 124 g/mol. The molecule has 0 spiro atoms. The quantitative estimate of drug-likeness (QED) is 0.305. The van der Waals surface area contributed by atoms with Gasteiger partial charge >= 0.3 is 0 Å². The maximum Gasteiger partial charge on any atom is 0.143 e. The van der Waals surface area contributed by atoms with Crippen molar-refractivity contribution < 1.29 is 4.79 Å². The van der Waals surface area contributed by atoms with E-state index >= 15 is 0 Å². The Morgan fingerprint density at radius 1 is 1.50 bits per heavy atom. The summed E-state index contributed by atoms with van der Waals surface area (Å²) in [6.45, 7) is 5.92. The average molecular weight is 136 g/mol. The first-order valence-corrected chi connectivity index (χ1v) is 3.15. The van der Waals surface area contributed by atoms with E-state index in [1.165, 1.54) is 6.08 Å². The lowest BCUT2D eigenvalue weighted by Gasteiger charge is -2.16. The zero-order valence-electron chi connectivity index (χ0n) is 6.64. The smallest absolute Gasteiger partial charge is 0.143 e. The zero-order valence-corrected chi connectivity index (χ0v) is 6.64. The van der Waals surface area contributed by atoms with E-state index in [1.54, 1.807) is 0 Å². The van der Waals surface area contributed by atoms with Crippen molar-refractivity contribution in [3.63, 3.8) is 0 Å². The van der Waals surface area contributed by atoms with Crippen LogP contribution in [0.2, 0.25) is 0 Å². The topological polar surface area (TPSA) is 17.1 Å². The van der Waals surface area contributed by atoms with Crippen molar-refractivity contribution in [1.29, 1.82) is 0 Å². The molecule has 0 N–H and O–H groups in total. The summed E-state index contributed by atoms with van der Waals surface area (Å²) in [6.07, 6.45) is 7.32. The van der Waals surface area contributed by atoms with Gasteiger partial charge < -0.3 is 0 Å². The monoisotopic (exact) mass is 136 g/mol. The zero-order chi connectivity index (χ0) is 8.20. The standard InChI is InChI=1S/C9H12O/c1-5-8(6-7-10)9(2,3)4/h1,6-7H,2-4H3/b8-6-. The first-order chi connectivity index (χ1) is 4.52. The summed E-state index contributed by atoms with van der Waals surface area (Å²) in [5.74, 6) is 2.47. The van der Waals surface area contributed by atoms with Crippen LogP contribution in [0.15, 0.2) is 11.6 Å². The van der Waals surface area contributed by atoms with Crippen molar-refractivity contribution >= 4 is 6.29 Å². The van der Waals surface area contributed by atoms with Gasteiger partial charge in [-0.05, 0) is 11.5 Å². The van der Waals surface area contributed by atoms with Crippen LogP contribution in [0.25, 0.3) is 0 Å². The molecule has 0 unspecified atom stereocenters. The Morgan fingerprint density at radius 3 is 2.10 bits per heavy atom. The van der Waals surface area contributed by atoms with Crippen molar-refractivity contribution in [3.05, 3.63) is 11.6 Å². The van der Waals surface area contributed by atoms with E-state index in [1.807, 2.05) is 20.8 Å². The van der Waals surface area contributed by atoms with Gasteiger partial charge in [-0.1, -0.05) is 26.7 Å². The molecule has 0 aliphatic carbocycles. The van der Waals surface area contributed by atoms with Gasteiger partial charge in [-0.25, -0.2) is 0 Å². The van der Waals surface area contributed by atoms with E-state index in [4.69, 9.17) is 6.42 Å². The van der Waals surface area contributed by atoms with E-state index in [0.717, 1.165) is 11.9 Å². The molecule has 0 bridgehead atoms. The Labute approximate surface area is 62.1 Å². The number of hydrogen-bond acceptors (Lipinski definition) is 1. The predicted octanol–water partition coefficient (Wildman–Crippen LogP) is 1.79. The molecule has 0 saturated carbocycles. The molecule has 0 aromatic carbocycles. The van der Waals surface area contributed by atoms with Gasteiger partial charge in [0, 0.05) is 5.57 Å². The van der Waals surface area contributed by atoms with Gasteiger partial charge in [0.15, 0.2) is 0 Å². The second kappa shape index (κ2) is 3.22. The highest BCUT2D eigenvalue weighted by Gasteiger charge is 2.13. The highest BCUT2D eigenvalue weighted by Crippen LogP contribution is 2.23. The van der Waals surface area contributed by atoms with Crippen molar-refractivity contribution in [1.82, 2.24) is 0 Å². The Hall–Kier alpha value is -1.03. The number of rotatable bonds is 1. The Kier molecular flexibility index (Phi) is 2.89. The fourth-order valence-corrected chi connectivity index (χ4v) is 0.583. The largest absolute Gasteiger partial charge is 0.299 e. The molecule has 0 aliphatic heterocycles. The molecule has 0 amide bonds. The molecule has 0 radical (unpaired) electrons. The summed E-state index contributed by atoms with van der Waals surface area (Å²) >= 11 is 0. The molecule has 1 nitrogen and oxygen atoms in total. The third-order valence-corrected chi connectivity index (χ3v) is 1.20. The first kappa shape index (κ1) is 8.97. The molecule has 0 atom stereocenters. The summed E-state index contributed by atoms with van der Waals surface area (Å²) in [4.78, 5) is 10.0. The van der Waals surface area contributed by atoms with Gasteiger partial charge in [-0.2, -0.15) is 0 Å². The van der Waals surface area contributed by atoms with Crippen molar-refractivity contribution in [2.24, 2.45) is 5.41 Å². The number of allylic oxidation sites excluding steroid dienone is 2. The number of hydrogen-bond donors (Lipinski definition) is 0.